The lowest BCUT2D eigenvalue weighted by Crippen LogP contribution is -2.48. The highest BCUT2D eigenvalue weighted by Gasteiger charge is 2.86. The van der Waals surface area contributed by atoms with Crippen LogP contribution in [0.2, 0.25) is 0 Å². The van der Waals surface area contributed by atoms with Gasteiger partial charge in [0.05, 0.1) is 26.2 Å². The van der Waals surface area contributed by atoms with Crippen molar-refractivity contribution in [3.63, 3.8) is 0 Å². The van der Waals surface area contributed by atoms with Crippen molar-refractivity contribution in [2.75, 3.05) is 0 Å². The van der Waals surface area contributed by atoms with Crippen LogP contribution >= 0.6 is 104 Å². The smallest absolute Gasteiger partial charge is 0.121 e. The summed E-state index contributed by atoms with van der Waals surface area (Å²) in [5, 5.41) is -1.38. The van der Waals surface area contributed by atoms with Crippen molar-refractivity contribution in [3.8, 4) is 0 Å². The van der Waals surface area contributed by atoms with Gasteiger partial charge in [0, 0.05) is 11.8 Å². The zero-order chi connectivity index (χ0) is 14.5. The Morgan fingerprint density at radius 2 is 0.947 bits per heavy atom. The third kappa shape index (κ3) is 1.47. The zero-order valence-electron chi connectivity index (χ0n) is 8.79. The van der Waals surface area contributed by atoms with Gasteiger partial charge in [-0.3, -0.25) is 0 Å². The highest BCUT2D eigenvalue weighted by molar-refractivity contribution is 6.66. The van der Waals surface area contributed by atoms with Crippen molar-refractivity contribution in [1.82, 2.24) is 0 Å². The topological polar surface area (TPSA) is 0 Å². The van der Waals surface area contributed by atoms with Crippen molar-refractivity contribution < 1.29 is 0 Å². The van der Waals surface area contributed by atoms with E-state index in [0.29, 0.717) is 0 Å². The van der Waals surface area contributed by atoms with Crippen LogP contribution in [0.25, 0.3) is 0 Å². The molecular weight excluding hydrogens is 439 g/mol. The predicted octanol–water partition coefficient (Wildman–Crippen LogP) is 5.90. The van der Waals surface area contributed by atoms with Gasteiger partial charge in [0.25, 0.3) is 0 Å². The first-order valence-electron chi connectivity index (χ1n) is 5.28. The minimum Gasteiger partial charge on any atom is -0.121 e. The molecule has 0 N–H and O–H groups in total. The molecule has 9 heteroatoms. The van der Waals surface area contributed by atoms with Crippen molar-refractivity contribution in [2.24, 2.45) is 11.8 Å². The number of hydrogen-bond donors (Lipinski definition) is 0. The Morgan fingerprint density at radius 3 is 1.26 bits per heavy atom. The summed E-state index contributed by atoms with van der Waals surface area (Å²) in [7, 11) is 0. The molecule has 0 radical (unpaired) electrons. The fraction of sp³-hybridized carbons (Fsp3) is 0.800. The highest BCUT2D eigenvalue weighted by atomic mass is 35.5. The minimum atomic E-state index is -1.61. The molecule has 2 saturated carbocycles. The molecule has 108 valence electrons. The Labute approximate surface area is 155 Å². The molecule has 3 aliphatic carbocycles. The molecule has 3 aliphatic rings. The Kier molecular flexibility index (Phi) is 3.80. The second-order valence-corrected chi connectivity index (χ2v) is 9.80. The molecule has 3 rings (SSSR count). The first kappa shape index (κ1) is 16.2. The van der Waals surface area contributed by atoms with E-state index in [0.717, 1.165) is 0 Å². The summed E-state index contributed by atoms with van der Waals surface area (Å²) >= 11 is 57.4. The van der Waals surface area contributed by atoms with E-state index in [-0.39, 0.29) is 10.1 Å². The third-order valence-corrected chi connectivity index (χ3v) is 10.5. The van der Waals surface area contributed by atoms with Gasteiger partial charge in [-0.1, -0.05) is 46.4 Å². The van der Waals surface area contributed by atoms with Crippen LogP contribution in [0.3, 0.4) is 0 Å². The average molecular weight is 444 g/mol. The van der Waals surface area contributed by atoms with Gasteiger partial charge in [-0.25, -0.2) is 0 Å². The number of rotatable bonds is 0. The van der Waals surface area contributed by atoms with Gasteiger partial charge in [-0.05, 0) is 0 Å². The molecule has 0 amide bonds. The maximum Gasteiger partial charge on any atom is 0.166 e. The van der Waals surface area contributed by atoms with E-state index in [4.69, 9.17) is 104 Å². The molecule has 0 heterocycles. The molecule has 0 nitrogen and oxygen atoms in total. The first-order chi connectivity index (χ1) is 8.54. The summed E-state index contributed by atoms with van der Waals surface area (Å²) in [5.74, 6) is -0.910. The largest absolute Gasteiger partial charge is 0.166 e. The van der Waals surface area contributed by atoms with E-state index < -0.39 is 42.0 Å². The molecule has 0 aromatic heterocycles. The normalized spacial score (nSPS) is 58.9. The van der Waals surface area contributed by atoms with E-state index in [1.54, 1.807) is 0 Å². The number of alkyl halides is 7. The van der Waals surface area contributed by atoms with Crippen LogP contribution in [0.1, 0.15) is 0 Å². The molecule has 19 heavy (non-hydrogen) atoms. The maximum absolute atomic E-state index is 6.63. The summed E-state index contributed by atoms with van der Waals surface area (Å²) in [6, 6.07) is 0. The summed E-state index contributed by atoms with van der Waals surface area (Å²) < 4.78 is -1.61. The van der Waals surface area contributed by atoms with Crippen molar-refractivity contribution >= 4 is 104 Å². The van der Waals surface area contributed by atoms with Crippen LogP contribution in [0, 0.1) is 11.8 Å². The molecule has 0 saturated heterocycles. The van der Waals surface area contributed by atoms with Gasteiger partial charge in [0.1, 0.15) is 9.75 Å². The molecule has 2 unspecified atom stereocenters. The Morgan fingerprint density at radius 1 is 0.632 bits per heavy atom. The lowest BCUT2D eigenvalue weighted by Gasteiger charge is -2.35. The van der Waals surface area contributed by atoms with Gasteiger partial charge < -0.3 is 0 Å². The molecule has 7 atom stereocenters. The molecule has 0 aromatic carbocycles. The monoisotopic (exact) mass is 440 g/mol. The molecular formula is C10H5Cl9. The third-order valence-electron chi connectivity index (χ3n) is 4.35. The minimum absolute atomic E-state index is 0.123. The predicted molar refractivity (Wildman–Crippen MR) is 86.2 cm³/mol. The Balaban J connectivity index is 2.29. The fourth-order valence-electron chi connectivity index (χ4n) is 3.47. The van der Waals surface area contributed by atoms with Crippen molar-refractivity contribution in [3.05, 3.63) is 10.1 Å². The summed E-state index contributed by atoms with van der Waals surface area (Å²) in [6.07, 6.45) is 0. The molecule has 0 aliphatic heterocycles. The lowest BCUT2D eigenvalue weighted by molar-refractivity contribution is 0.388. The standard InChI is InChI=1S/C10H5Cl9/c11-3-1-2(4(12)5(3)13)9(17)7(15)6(14)8(1,16)10(9,18)19/h1-5H/t1-,2?,3+,4-,5?,8+,9-/m1/s1. The van der Waals surface area contributed by atoms with E-state index in [1.165, 1.54) is 0 Å². The lowest BCUT2D eigenvalue weighted by atomic mass is 9.84. The number of halogens is 9. The first-order valence-corrected chi connectivity index (χ1v) is 8.86. The van der Waals surface area contributed by atoms with E-state index in [2.05, 4.69) is 0 Å². The molecule has 0 spiro atoms. The number of hydrogen-bond acceptors (Lipinski definition) is 0. The molecule has 2 fully saturated rings. The van der Waals surface area contributed by atoms with Crippen LogP contribution in [0.5, 0.6) is 0 Å². The molecule has 0 aromatic rings. The van der Waals surface area contributed by atoms with E-state index in [9.17, 15) is 0 Å². The summed E-state index contributed by atoms with van der Waals surface area (Å²) in [5.41, 5.74) is 0. The van der Waals surface area contributed by atoms with Gasteiger partial charge in [0.15, 0.2) is 4.33 Å². The van der Waals surface area contributed by atoms with Gasteiger partial charge in [0.2, 0.25) is 0 Å². The van der Waals surface area contributed by atoms with Gasteiger partial charge in [-0.15, -0.1) is 58.0 Å². The van der Waals surface area contributed by atoms with Crippen LogP contribution in [0.4, 0.5) is 0 Å². The second-order valence-electron chi connectivity index (χ2n) is 5.01. The average Bonchev–Trinajstić information content (AvgIpc) is 2.69. The maximum atomic E-state index is 6.63. The summed E-state index contributed by atoms with van der Waals surface area (Å²) in [4.78, 5) is -2.77. The van der Waals surface area contributed by atoms with Crippen LogP contribution in [-0.2, 0) is 0 Å². The molecule has 2 bridgehead atoms. The van der Waals surface area contributed by atoms with E-state index >= 15 is 0 Å². The van der Waals surface area contributed by atoms with Crippen LogP contribution in [-0.4, -0.2) is 30.2 Å². The van der Waals surface area contributed by atoms with E-state index in [1.807, 2.05) is 0 Å². The quantitative estimate of drug-likeness (QED) is 0.409. The van der Waals surface area contributed by atoms with Crippen molar-refractivity contribution in [1.29, 1.82) is 0 Å². The SMILES string of the molecule is ClC1=C(Cl)[C@]2(Cl)C3[C@@H](Cl)C(Cl)[C@@H](Cl)[C@@H]3[C@@]1(Cl)C2(Cl)Cl. The highest BCUT2D eigenvalue weighted by Crippen LogP contribution is 2.79. The number of fused-ring (bicyclic) bond motifs is 5. The van der Waals surface area contributed by atoms with Gasteiger partial charge >= 0.3 is 0 Å². The van der Waals surface area contributed by atoms with Crippen molar-refractivity contribution in [2.45, 2.75) is 30.2 Å². The Bertz CT molecular complexity index is 447. The van der Waals surface area contributed by atoms with Crippen LogP contribution < -0.4 is 0 Å². The summed E-state index contributed by atoms with van der Waals surface area (Å²) in [6.45, 7) is 0. The Hall–Kier alpha value is 2.35. The zero-order valence-corrected chi connectivity index (χ0v) is 15.6. The van der Waals surface area contributed by atoms with Gasteiger partial charge in [-0.2, -0.15) is 0 Å². The fourth-order valence-corrected chi connectivity index (χ4v) is 8.08. The van der Waals surface area contributed by atoms with Crippen LogP contribution in [0.15, 0.2) is 10.1 Å². The second kappa shape index (κ2) is 4.46. The number of allylic oxidation sites excluding steroid dienone is 2.